The van der Waals surface area contributed by atoms with Gasteiger partial charge in [0.1, 0.15) is 5.92 Å². The Morgan fingerprint density at radius 3 is 2.52 bits per heavy atom. The average molecular weight is 288 g/mol. The number of carbonyl (C=O) groups is 3. The standard InChI is InChI=1S/C16H20N2O3/c1-4-7-13-14(19)17-16(21)18(15(13)20)11(3)12-9-6-5-8-10(12)2/h5-6,8-9,11,13H,4,7H2,1-3H3,(H,17,19,21). The van der Waals surface area contributed by atoms with Crippen molar-refractivity contribution in [2.45, 2.75) is 39.7 Å². The molecule has 1 fully saturated rings. The molecule has 0 radical (unpaired) electrons. The number of amides is 4. The van der Waals surface area contributed by atoms with E-state index in [4.69, 9.17) is 0 Å². The molecule has 2 unspecified atom stereocenters. The second-order valence-electron chi connectivity index (χ2n) is 5.38. The smallest absolute Gasteiger partial charge is 0.277 e. The number of aryl methyl sites for hydroxylation is 1. The summed E-state index contributed by atoms with van der Waals surface area (Å²) in [6.07, 6.45) is 1.17. The molecule has 0 saturated carbocycles. The highest BCUT2D eigenvalue weighted by Gasteiger charge is 2.42. The fourth-order valence-corrected chi connectivity index (χ4v) is 2.74. The summed E-state index contributed by atoms with van der Waals surface area (Å²) >= 11 is 0. The molecule has 5 nitrogen and oxygen atoms in total. The lowest BCUT2D eigenvalue weighted by atomic mass is 9.95. The Balaban J connectivity index is 2.33. The minimum Gasteiger partial charge on any atom is -0.277 e. The number of barbiturate groups is 1. The lowest BCUT2D eigenvalue weighted by Crippen LogP contribution is -2.58. The molecule has 112 valence electrons. The molecule has 2 atom stereocenters. The van der Waals surface area contributed by atoms with Gasteiger partial charge in [-0.3, -0.25) is 19.8 Å². The molecule has 1 aromatic carbocycles. The van der Waals surface area contributed by atoms with Crippen molar-refractivity contribution in [3.8, 4) is 0 Å². The van der Waals surface area contributed by atoms with E-state index in [1.54, 1.807) is 6.92 Å². The van der Waals surface area contributed by atoms with Crippen LogP contribution in [-0.4, -0.2) is 22.7 Å². The molecule has 0 aromatic heterocycles. The molecular formula is C16H20N2O3. The van der Waals surface area contributed by atoms with Gasteiger partial charge in [-0.15, -0.1) is 0 Å². The lowest BCUT2D eigenvalue weighted by Gasteiger charge is -2.34. The van der Waals surface area contributed by atoms with E-state index in [1.807, 2.05) is 38.1 Å². The Hall–Kier alpha value is -2.17. The maximum absolute atomic E-state index is 12.5. The highest BCUT2D eigenvalue weighted by atomic mass is 16.2. The maximum Gasteiger partial charge on any atom is 0.331 e. The third-order valence-corrected chi connectivity index (χ3v) is 3.90. The number of hydrogen-bond donors (Lipinski definition) is 1. The van der Waals surface area contributed by atoms with Gasteiger partial charge in [-0.1, -0.05) is 37.6 Å². The summed E-state index contributed by atoms with van der Waals surface area (Å²) in [5.74, 6) is -1.65. The zero-order chi connectivity index (χ0) is 15.6. The van der Waals surface area contributed by atoms with E-state index in [0.717, 1.165) is 11.1 Å². The van der Waals surface area contributed by atoms with Crippen molar-refractivity contribution in [1.29, 1.82) is 0 Å². The van der Waals surface area contributed by atoms with Crippen molar-refractivity contribution in [3.05, 3.63) is 35.4 Å². The SMILES string of the molecule is CCCC1C(=O)NC(=O)N(C(C)c2ccccc2C)C1=O. The average Bonchev–Trinajstić information content (AvgIpc) is 2.43. The number of nitrogens with zero attached hydrogens (tertiary/aromatic N) is 1. The van der Waals surface area contributed by atoms with Gasteiger partial charge in [0.05, 0.1) is 6.04 Å². The second kappa shape index (κ2) is 6.08. The minimum absolute atomic E-state index is 0.397. The fourth-order valence-electron chi connectivity index (χ4n) is 2.74. The van der Waals surface area contributed by atoms with Gasteiger partial charge in [0, 0.05) is 0 Å². The molecule has 1 aliphatic heterocycles. The Kier molecular flexibility index (Phi) is 4.40. The lowest BCUT2D eigenvalue weighted by molar-refractivity contribution is -0.144. The van der Waals surface area contributed by atoms with Crippen LogP contribution in [0.1, 0.15) is 43.9 Å². The van der Waals surface area contributed by atoms with Gasteiger partial charge in [0.2, 0.25) is 11.8 Å². The number of urea groups is 1. The van der Waals surface area contributed by atoms with Gasteiger partial charge in [-0.05, 0) is 31.4 Å². The molecule has 1 saturated heterocycles. The van der Waals surface area contributed by atoms with Crippen molar-refractivity contribution in [1.82, 2.24) is 10.2 Å². The monoisotopic (exact) mass is 288 g/mol. The summed E-state index contributed by atoms with van der Waals surface area (Å²) in [6.45, 7) is 5.65. The van der Waals surface area contributed by atoms with E-state index in [0.29, 0.717) is 12.8 Å². The molecular weight excluding hydrogens is 268 g/mol. The maximum atomic E-state index is 12.5. The van der Waals surface area contributed by atoms with Gasteiger partial charge in [-0.25, -0.2) is 4.79 Å². The molecule has 0 aliphatic carbocycles. The first-order valence-electron chi connectivity index (χ1n) is 7.20. The molecule has 5 heteroatoms. The van der Waals surface area contributed by atoms with Crippen molar-refractivity contribution < 1.29 is 14.4 Å². The third kappa shape index (κ3) is 2.82. The van der Waals surface area contributed by atoms with E-state index >= 15 is 0 Å². The van der Waals surface area contributed by atoms with Gasteiger partial charge in [0.25, 0.3) is 0 Å². The summed E-state index contributed by atoms with van der Waals surface area (Å²) in [5.41, 5.74) is 1.92. The Morgan fingerprint density at radius 2 is 1.90 bits per heavy atom. The second-order valence-corrected chi connectivity index (χ2v) is 5.38. The van der Waals surface area contributed by atoms with E-state index in [9.17, 15) is 14.4 Å². The zero-order valence-electron chi connectivity index (χ0n) is 12.6. The first kappa shape index (κ1) is 15.2. The predicted molar refractivity (Wildman–Crippen MR) is 78.4 cm³/mol. The van der Waals surface area contributed by atoms with Gasteiger partial charge >= 0.3 is 6.03 Å². The van der Waals surface area contributed by atoms with E-state index in [2.05, 4.69) is 5.32 Å². The quantitative estimate of drug-likeness (QED) is 0.866. The van der Waals surface area contributed by atoms with E-state index < -0.39 is 29.8 Å². The Morgan fingerprint density at radius 1 is 1.24 bits per heavy atom. The summed E-state index contributed by atoms with van der Waals surface area (Å²) in [7, 11) is 0. The predicted octanol–water partition coefficient (Wildman–Crippen LogP) is 2.55. The third-order valence-electron chi connectivity index (χ3n) is 3.90. The Bertz CT molecular complexity index is 583. The fraction of sp³-hybridized carbons (Fsp3) is 0.438. The van der Waals surface area contributed by atoms with Crippen LogP contribution in [-0.2, 0) is 9.59 Å². The molecule has 2 rings (SSSR count). The highest BCUT2D eigenvalue weighted by molar-refractivity contribution is 6.16. The Labute approximate surface area is 124 Å². The number of nitrogens with one attached hydrogen (secondary N) is 1. The summed E-state index contributed by atoms with van der Waals surface area (Å²) in [5, 5.41) is 2.29. The van der Waals surface area contributed by atoms with Crippen LogP contribution in [0.5, 0.6) is 0 Å². The molecule has 1 aromatic rings. The van der Waals surface area contributed by atoms with Crippen LogP contribution in [0, 0.1) is 12.8 Å². The molecule has 21 heavy (non-hydrogen) atoms. The summed E-state index contributed by atoms with van der Waals surface area (Å²) < 4.78 is 0. The van der Waals surface area contributed by atoms with Crippen LogP contribution < -0.4 is 5.32 Å². The van der Waals surface area contributed by atoms with Crippen molar-refractivity contribution in [3.63, 3.8) is 0 Å². The number of hydrogen-bond acceptors (Lipinski definition) is 3. The molecule has 4 amide bonds. The number of carbonyl (C=O) groups excluding carboxylic acids is 3. The molecule has 1 heterocycles. The van der Waals surface area contributed by atoms with Crippen molar-refractivity contribution in [2.75, 3.05) is 0 Å². The minimum atomic E-state index is -0.765. The number of benzene rings is 1. The molecule has 0 bridgehead atoms. The first-order valence-corrected chi connectivity index (χ1v) is 7.20. The van der Waals surface area contributed by atoms with E-state index in [-0.39, 0.29) is 0 Å². The summed E-state index contributed by atoms with van der Waals surface area (Å²) in [6, 6.07) is 6.59. The van der Waals surface area contributed by atoms with Crippen molar-refractivity contribution in [2.24, 2.45) is 5.92 Å². The zero-order valence-corrected chi connectivity index (χ0v) is 12.6. The first-order chi connectivity index (χ1) is 9.97. The van der Waals surface area contributed by atoms with Gasteiger partial charge in [0.15, 0.2) is 0 Å². The summed E-state index contributed by atoms with van der Waals surface area (Å²) in [4.78, 5) is 37.5. The van der Waals surface area contributed by atoms with Crippen molar-refractivity contribution >= 4 is 17.8 Å². The largest absolute Gasteiger partial charge is 0.331 e. The van der Waals surface area contributed by atoms with Crippen LogP contribution in [0.15, 0.2) is 24.3 Å². The highest BCUT2D eigenvalue weighted by Crippen LogP contribution is 2.28. The van der Waals surface area contributed by atoms with Crippen LogP contribution in [0.4, 0.5) is 4.79 Å². The number of imide groups is 2. The van der Waals surface area contributed by atoms with Crippen LogP contribution in [0.2, 0.25) is 0 Å². The van der Waals surface area contributed by atoms with Crippen LogP contribution >= 0.6 is 0 Å². The van der Waals surface area contributed by atoms with Crippen LogP contribution in [0.25, 0.3) is 0 Å². The van der Waals surface area contributed by atoms with Gasteiger partial charge in [-0.2, -0.15) is 0 Å². The van der Waals surface area contributed by atoms with E-state index in [1.165, 1.54) is 4.90 Å². The van der Waals surface area contributed by atoms with Crippen LogP contribution in [0.3, 0.4) is 0 Å². The molecule has 0 spiro atoms. The molecule has 1 N–H and O–H groups in total. The molecule has 1 aliphatic rings. The topological polar surface area (TPSA) is 66.5 Å². The van der Waals surface area contributed by atoms with Gasteiger partial charge < -0.3 is 0 Å². The normalized spacial score (nSPS) is 20.4. The number of rotatable bonds is 4.